The minimum Gasteiger partial charge on any atom is -0.349 e. The Morgan fingerprint density at radius 3 is 2.58 bits per heavy atom. The van der Waals surface area contributed by atoms with Crippen LogP contribution in [0.3, 0.4) is 0 Å². The zero-order valence-corrected chi connectivity index (χ0v) is 20.4. The van der Waals surface area contributed by atoms with Gasteiger partial charge in [0.25, 0.3) is 0 Å². The summed E-state index contributed by atoms with van der Waals surface area (Å²) in [4.78, 5) is 20.9. The summed E-state index contributed by atoms with van der Waals surface area (Å²) in [6.45, 7) is 4.16. The van der Waals surface area contributed by atoms with E-state index >= 15 is 0 Å². The van der Waals surface area contributed by atoms with Crippen LogP contribution in [0.1, 0.15) is 43.7 Å². The Bertz CT molecular complexity index is 1170. The van der Waals surface area contributed by atoms with Gasteiger partial charge in [0.05, 0.1) is 22.4 Å². The summed E-state index contributed by atoms with van der Waals surface area (Å²) < 4.78 is 28.8. The number of piperidine rings is 1. The normalized spacial score (nSPS) is 16.5. The number of hydrogen-bond acceptors (Lipinski definition) is 8. The molecule has 0 radical (unpaired) electrons. The van der Waals surface area contributed by atoms with E-state index in [0.29, 0.717) is 18.3 Å². The Morgan fingerprint density at radius 1 is 1.24 bits per heavy atom. The molecule has 1 aliphatic heterocycles. The highest BCUT2D eigenvalue weighted by Gasteiger charge is 2.27. The molecule has 0 bridgehead atoms. The molecule has 1 atom stereocenters. The van der Waals surface area contributed by atoms with Crippen LogP contribution in [-0.4, -0.2) is 48.7 Å². The molecule has 33 heavy (non-hydrogen) atoms. The largest absolute Gasteiger partial charge is 0.349 e. The van der Waals surface area contributed by atoms with E-state index in [9.17, 15) is 13.2 Å². The first-order chi connectivity index (χ1) is 15.8. The molecule has 1 saturated heterocycles. The van der Waals surface area contributed by atoms with E-state index in [0.717, 1.165) is 42.8 Å². The van der Waals surface area contributed by atoms with Crippen LogP contribution in [0.15, 0.2) is 51.2 Å². The predicted octanol–water partition coefficient (Wildman–Crippen LogP) is 3.68. The smallest absolute Gasteiger partial charge is 0.241 e. The molecule has 4 rings (SSSR count). The number of aromatic nitrogens is 2. The summed E-state index contributed by atoms with van der Waals surface area (Å²) in [6, 6.07) is 10.5. The van der Waals surface area contributed by atoms with Crippen molar-refractivity contribution < 1.29 is 17.7 Å². The van der Waals surface area contributed by atoms with Gasteiger partial charge in [-0.1, -0.05) is 30.3 Å². The highest BCUT2D eigenvalue weighted by molar-refractivity contribution is 7.90. The van der Waals surface area contributed by atoms with Crippen molar-refractivity contribution in [2.75, 3.05) is 19.3 Å². The molecule has 1 fully saturated rings. The Hall–Kier alpha value is -2.56. The fourth-order valence-electron chi connectivity index (χ4n) is 4.03. The molecule has 1 amide bonds. The van der Waals surface area contributed by atoms with Gasteiger partial charge in [0.2, 0.25) is 17.6 Å². The lowest BCUT2D eigenvalue weighted by Crippen LogP contribution is -2.41. The van der Waals surface area contributed by atoms with Gasteiger partial charge in [0.15, 0.2) is 9.84 Å². The standard InChI is InChI=1S/C23H28N4O4S2/c1-3-19(16-6-8-18(9-7-16)33(2,29)30)24-23(28)17-10-12-27(13-11-17)15-21-25-22(26-31-21)20-5-4-14-32-20/h4-9,14,17,19H,3,10-13,15H2,1-2H3,(H,24,28). The third-order valence-electron chi connectivity index (χ3n) is 5.96. The molecule has 1 aromatic carbocycles. The molecule has 0 aliphatic carbocycles. The highest BCUT2D eigenvalue weighted by Crippen LogP contribution is 2.25. The van der Waals surface area contributed by atoms with Gasteiger partial charge in [-0.25, -0.2) is 8.42 Å². The lowest BCUT2D eigenvalue weighted by molar-refractivity contribution is -0.127. The molecule has 2 aromatic heterocycles. The molecule has 0 saturated carbocycles. The topological polar surface area (TPSA) is 105 Å². The van der Waals surface area contributed by atoms with Crippen molar-refractivity contribution in [1.29, 1.82) is 0 Å². The van der Waals surface area contributed by atoms with Crippen molar-refractivity contribution >= 4 is 27.1 Å². The summed E-state index contributed by atoms with van der Waals surface area (Å²) >= 11 is 1.58. The first kappa shape index (κ1) is 23.6. The number of rotatable bonds is 8. The second-order valence-corrected chi connectivity index (χ2v) is 11.3. The summed E-state index contributed by atoms with van der Waals surface area (Å²) in [5, 5.41) is 9.19. The molecule has 0 spiro atoms. The van der Waals surface area contributed by atoms with E-state index in [-0.39, 0.29) is 22.8 Å². The summed E-state index contributed by atoms with van der Waals surface area (Å²) in [5.74, 6) is 1.20. The number of thiophene rings is 1. The zero-order chi connectivity index (χ0) is 23.4. The van der Waals surface area contributed by atoms with E-state index in [1.165, 1.54) is 6.26 Å². The SMILES string of the molecule is CCC(NC(=O)C1CCN(Cc2nc(-c3cccs3)no2)CC1)c1ccc(S(C)(=O)=O)cc1. The van der Waals surface area contributed by atoms with Gasteiger partial charge in [0.1, 0.15) is 0 Å². The monoisotopic (exact) mass is 488 g/mol. The molecule has 3 heterocycles. The summed E-state index contributed by atoms with van der Waals surface area (Å²) in [5.41, 5.74) is 0.911. The Labute approximate surface area is 197 Å². The zero-order valence-electron chi connectivity index (χ0n) is 18.7. The quantitative estimate of drug-likeness (QED) is 0.516. The van der Waals surface area contributed by atoms with Crippen LogP contribution in [0.5, 0.6) is 0 Å². The molecule has 8 nitrogen and oxygen atoms in total. The number of nitrogens with one attached hydrogen (secondary N) is 1. The Morgan fingerprint density at radius 2 is 1.97 bits per heavy atom. The second-order valence-electron chi connectivity index (χ2n) is 8.35. The maximum absolute atomic E-state index is 12.9. The van der Waals surface area contributed by atoms with E-state index < -0.39 is 9.84 Å². The van der Waals surface area contributed by atoms with Crippen molar-refractivity contribution in [1.82, 2.24) is 20.4 Å². The molecule has 1 aliphatic rings. The molecule has 10 heteroatoms. The fraction of sp³-hybridized carbons (Fsp3) is 0.435. The first-order valence-electron chi connectivity index (χ1n) is 11.0. The van der Waals surface area contributed by atoms with Crippen molar-refractivity contribution in [3.63, 3.8) is 0 Å². The van der Waals surface area contributed by atoms with Crippen molar-refractivity contribution in [2.24, 2.45) is 5.92 Å². The minimum atomic E-state index is -3.24. The first-order valence-corrected chi connectivity index (χ1v) is 13.8. The van der Waals surface area contributed by atoms with Crippen LogP contribution in [0.25, 0.3) is 10.7 Å². The van der Waals surface area contributed by atoms with Crippen LogP contribution < -0.4 is 5.32 Å². The second kappa shape index (κ2) is 10.1. The van der Waals surface area contributed by atoms with Gasteiger partial charge in [-0.2, -0.15) is 4.98 Å². The van der Waals surface area contributed by atoms with Gasteiger partial charge < -0.3 is 9.84 Å². The highest BCUT2D eigenvalue weighted by atomic mass is 32.2. The number of carbonyl (C=O) groups excluding carboxylic acids is 1. The van der Waals surface area contributed by atoms with Gasteiger partial charge >= 0.3 is 0 Å². The number of nitrogens with zero attached hydrogens (tertiary/aromatic N) is 3. The van der Waals surface area contributed by atoms with Gasteiger partial charge in [-0.3, -0.25) is 9.69 Å². The molecule has 1 N–H and O–H groups in total. The fourth-order valence-corrected chi connectivity index (χ4v) is 5.31. The van der Waals surface area contributed by atoms with Crippen LogP contribution in [0, 0.1) is 5.92 Å². The summed E-state index contributed by atoms with van der Waals surface area (Å²) in [6.07, 6.45) is 3.45. The Balaban J connectivity index is 1.29. The lowest BCUT2D eigenvalue weighted by Gasteiger charge is -2.31. The number of amides is 1. The van der Waals surface area contributed by atoms with Crippen molar-refractivity contribution in [3.05, 3.63) is 53.2 Å². The maximum Gasteiger partial charge on any atom is 0.241 e. The molecule has 1 unspecified atom stereocenters. The van der Waals surface area contributed by atoms with Gasteiger partial charge in [0, 0.05) is 12.2 Å². The van der Waals surface area contributed by atoms with Crippen LogP contribution in [-0.2, 0) is 21.2 Å². The van der Waals surface area contributed by atoms with E-state index in [1.807, 2.05) is 24.4 Å². The lowest BCUT2D eigenvalue weighted by atomic mass is 9.94. The number of carbonyl (C=O) groups is 1. The van der Waals surface area contributed by atoms with Crippen LogP contribution >= 0.6 is 11.3 Å². The molecular weight excluding hydrogens is 460 g/mol. The predicted molar refractivity (Wildman–Crippen MR) is 126 cm³/mol. The third-order valence-corrected chi connectivity index (χ3v) is 7.96. The number of sulfone groups is 1. The van der Waals surface area contributed by atoms with Gasteiger partial charge in [-0.05, 0) is 61.5 Å². The number of likely N-dealkylation sites (tertiary alicyclic amines) is 1. The summed E-state index contributed by atoms with van der Waals surface area (Å²) in [7, 11) is -3.24. The molecular formula is C23H28N4O4S2. The number of hydrogen-bond donors (Lipinski definition) is 1. The Kier molecular flexibility index (Phi) is 7.26. The van der Waals surface area contributed by atoms with Crippen LogP contribution in [0.2, 0.25) is 0 Å². The third kappa shape index (κ3) is 5.87. The van der Waals surface area contributed by atoms with E-state index in [2.05, 4.69) is 20.4 Å². The average Bonchev–Trinajstić information content (AvgIpc) is 3.49. The number of benzene rings is 1. The maximum atomic E-state index is 12.9. The van der Waals surface area contributed by atoms with Gasteiger partial charge in [-0.15, -0.1) is 11.3 Å². The van der Waals surface area contributed by atoms with E-state index in [4.69, 9.17) is 4.52 Å². The molecule has 3 aromatic rings. The minimum absolute atomic E-state index is 0.0463. The molecule has 176 valence electrons. The van der Waals surface area contributed by atoms with Crippen molar-refractivity contribution in [2.45, 2.75) is 43.7 Å². The van der Waals surface area contributed by atoms with Crippen molar-refractivity contribution in [3.8, 4) is 10.7 Å². The van der Waals surface area contributed by atoms with E-state index in [1.54, 1.807) is 35.6 Å². The van der Waals surface area contributed by atoms with Crippen LogP contribution in [0.4, 0.5) is 0 Å². The average molecular weight is 489 g/mol.